The molecule has 0 aliphatic rings. The van der Waals surface area contributed by atoms with Crippen LogP contribution in [0.3, 0.4) is 0 Å². The fraction of sp³-hybridized carbons (Fsp3) is 0. The van der Waals surface area contributed by atoms with Gasteiger partial charge in [-0.05, 0) is 6.07 Å². The smallest absolute Gasteiger partial charge is 0.179 e. The Morgan fingerprint density at radius 1 is 1.40 bits per heavy atom. The second kappa shape index (κ2) is 2.62. The maximum atomic E-state index is 3.96. The van der Waals surface area contributed by atoms with Crippen molar-refractivity contribution in [2.75, 3.05) is 0 Å². The van der Waals surface area contributed by atoms with E-state index in [9.17, 15) is 0 Å². The van der Waals surface area contributed by atoms with Crippen LogP contribution >= 0.6 is 12.4 Å². The van der Waals surface area contributed by atoms with Gasteiger partial charge in [-0.1, -0.05) is 0 Å². The maximum Gasteiger partial charge on any atom is 0.179 e. The molecular weight excluding hydrogens is 152 g/mol. The van der Waals surface area contributed by atoms with Gasteiger partial charge in [0.2, 0.25) is 0 Å². The number of H-pyrrole nitrogens is 1. The molecular formula is C5H5ClN4. The summed E-state index contributed by atoms with van der Waals surface area (Å²) in [5, 5.41) is 7.44. The predicted molar refractivity (Wildman–Crippen MR) is 38.9 cm³/mol. The van der Waals surface area contributed by atoms with Crippen molar-refractivity contribution in [3.05, 3.63) is 18.6 Å². The summed E-state index contributed by atoms with van der Waals surface area (Å²) < 4.78 is 0. The Kier molecular flexibility index (Phi) is 1.82. The van der Waals surface area contributed by atoms with Gasteiger partial charge in [0.25, 0.3) is 0 Å². The van der Waals surface area contributed by atoms with E-state index in [4.69, 9.17) is 0 Å². The van der Waals surface area contributed by atoms with Crippen LogP contribution in [0.25, 0.3) is 11.2 Å². The number of nitrogens with one attached hydrogen (secondary N) is 1. The average Bonchev–Trinajstić information content (AvgIpc) is 2.33. The molecule has 0 aliphatic carbocycles. The Bertz CT molecular complexity index is 288. The molecule has 0 bridgehead atoms. The molecule has 0 spiro atoms. The summed E-state index contributed by atoms with van der Waals surface area (Å²) in [6.45, 7) is 0. The second-order valence-electron chi connectivity index (χ2n) is 1.67. The minimum atomic E-state index is 0. The zero-order valence-corrected chi connectivity index (χ0v) is 5.80. The third-order valence-corrected chi connectivity index (χ3v) is 1.10. The number of fused-ring (bicyclic) bond motifs is 1. The molecule has 0 aromatic carbocycles. The first-order chi connectivity index (χ1) is 4.47. The lowest BCUT2D eigenvalue weighted by Crippen LogP contribution is -1.78. The molecule has 2 aromatic heterocycles. The number of rotatable bonds is 0. The van der Waals surface area contributed by atoms with E-state index in [1.165, 1.54) is 0 Å². The summed E-state index contributed by atoms with van der Waals surface area (Å²) in [7, 11) is 0. The van der Waals surface area contributed by atoms with Crippen LogP contribution < -0.4 is 0 Å². The summed E-state index contributed by atoms with van der Waals surface area (Å²) in [6.07, 6.45) is 3.21. The third-order valence-electron chi connectivity index (χ3n) is 1.10. The molecule has 0 atom stereocenters. The van der Waals surface area contributed by atoms with Crippen molar-refractivity contribution in [3.8, 4) is 0 Å². The van der Waals surface area contributed by atoms with Gasteiger partial charge >= 0.3 is 0 Å². The quantitative estimate of drug-likeness (QED) is 0.613. The minimum absolute atomic E-state index is 0. The van der Waals surface area contributed by atoms with E-state index in [1.54, 1.807) is 18.6 Å². The SMILES string of the molecule is Cl.c1cc2nc[nH]c2nn1. The number of nitrogens with zero attached hydrogens (tertiary/aromatic N) is 3. The van der Waals surface area contributed by atoms with Gasteiger partial charge < -0.3 is 4.98 Å². The summed E-state index contributed by atoms with van der Waals surface area (Å²) >= 11 is 0. The summed E-state index contributed by atoms with van der Waals surface area (Å²) in [6, 6.07) is 1.80. The van der Waals surface area contributed by atoms with E-state index < -0.39 is 0 Å². The molecule has 1 N–H and O–H groups in total. The van der Waals surface area contributed by atoms with Crippen LogP contribution in [0, 0.1) is 0 Å². The molecule has 0 saturated carbocycles. The molecule has 0 fully saturated rings. The highest BCUT2D eigenvalue weighted by Crippen LogP contribution is 1.99. The third kappa shape index (κ3) is 0.930. The minimum Gasteiger partial charge on any atom is -0.328 e. The van der Waals surface area contributed by atoms with Gasteiger partial charge in [0.05, 0.1) is 12.5 Å². The molecule has 0 aliphatic heterocycles. The molecule has 4 nitrogen and oxygen atoms in total. The highest BCUT2D eigenvalue weighted by Gasteiger charge is 1.91. The van der Waals surface area contributed by atoms with Crippen molar-refractivity contribution < 1.29 is 0 Å². The van der Waals surface area contributed by atoms with E-state index in [2.05, 4.69) is 20.2 Å². The molecule has 5 heteroatoms. The lowest BCUT2D eigenvalue weighted by atomic mass is 10.5. The molecule has 0 amide bonds. The normalized spacial score (nSPS) is 9.20. The number of imidazole rings is 1. The lowest BCUT2D eigenvalue weighted by molar-refractivity contribution is 1.06. The number of hydrogen-bond donors (Lipinski definition) is 1. The summed E-state index contributed by atoms with van der Waals surface area (Å²) in [4.78, 5) is 6.80. The number of aromatic nitrogens is 4. The molecule has 0 saturated heterocycles. The van der Waals surface area contributed by atoms with Gasteiger partial charge in [0.15, 0.2) is 5.65 Å². The van der Waals surface area contributed by atoms with Crippen molar-refractivity contribution in [2.24, 2.45) is 0 Å². The fourth-order valence-electron chi connectivity index (χ4n) is 0.695. The molecule has 2 aromatic rings. The Morgan fingerprint density at radius 3 is 3.10 bits per heavy atom. The highest BCUT2D eigenvalue weighted by molar-refractivity contribution is 5.85. The van der Waals surface area contributed by atoms with E-state index in [0.29, 0.717) is 0 Å². The van der Waals surface area contributed by atoms with Gasteiger partial charge in [0.1, 0.15) is 5.52 Å². The van der Waals surface area contributed by atoms with Crippen molar-refractivity contribution in [1.82, 2.24) is 20.2 Å². The Hall–Kier alpha value is -1.16. The van der Waals surface area contributed by atoms with E-state index in [-0.39, 0.29) is 12.4 Å². The first-order valence-electron chi connectivity index (χ1n) is 2.57. The Labute approximate surface area is 63.1 Å². The Balaban J connectivity index is 0.000000500. The number of aromatic amines is 1. The van der Waals surface area contributed by atoms with E-state index in [1.807, 2.05) is 0 Å². The summed E-state index contributed by atoms with van der Waals surface area (Å²) in [5.74, 6) is 0. The largest absolute Gasteiger partial charge is 0.328 e. The first-order valence-corrected chi connectivity index (χ1v) is 2.57. The lowest BCUT2D eigenvalue weighted by Gasteiger charge is -1.79. The zero-order chi connectivity index (χ0) is 6.10. The van der Waals surface area contributed by atoms with Crippen molar-refractivity contribution >= 4 is 23.6 Å². The molecule has 10 heavy (non-hydrogen) atoms. The van der Waals surface area contributed by atoms with Gasteiger partial charge in [0, 0.05) is 0 Å². The predicted octanol–water partition coefficient (Wildman–Crippen LogP) is 0.775. The average molecular weight is 157 g/mol. The van der Waals surface area contributed by atoms with Gasteiger partial charge in [-0.25, -0.2) is 4.98 Å². The maximum absolute atomic E-state index is 3.96. The van der Waals surface area contributed by atoms with Crippen LogP contribution in [-0.2, 0) is 0 Å². The van der Waals surface area contributed by atoms with Crippen LogP contribution in [0.1, 0.15) is 0 Å². The molecule has 2 rings (SSSR count). The fourth-order valence-corrected chi connectivity index (χ4v) is 0.695. The molecule has 2 heterocycles. The molecule has 52 valence electrons. The molecule has 0 radical (unpaired) electrons. The Morgan fingerprint density at radius 2 is 2.30 bits per heavy atom. The van der Waals surface area contributed by atoms with E-state index >= 15 is 0 Å². The number of hydrogen-bond acceptors (Lipinski definition) is 3. The van der Waals surface area contributed by atoms with Crippen LogP contribution in [0.4, 0.5) is 0 Å². The molecule has 0 unspecified atom stereocenters. The standard InChI is InChI=1S/C5H4N4.ClH/c1-2-8-9-5-4(1)6-3-7-5;/h1-3H,(H,6,7,9);1H. The van der Waals surface area contributed by atoms with Crippen LogP contribution in [0.15, 0.2) is 18.6 Å². The topological polar surface area (TPSA) is 54.5 Å². The first kappa shape index (κ1) is 6.95. The highest BCUT2D eigenvalue weighted by atomic mass is 35.5. The van der Waals surface area contributed by atoms with Crippen LogP contribution in [0.5, 0.6) is 0 Å². The monoisotopic (exact) mass is 156 g/mol. The van der Waals surface area contributed by atoms with Crippen LogP contribution in [0.2, 0.25) is 0 Å². The zero-order valence-electron chi connectivity index (χ0n) is 4.98. The summed E-state index contributed by atoms with van der Waals surface area (Å²) in [5.41, 5.74) is 1.59. The van der Waals surface area contributed by atoms with E-state index in [0.717, 1.165) is 11.2 Å². The van der Waals surface area contributed by atoms with Crippen molar-refractivity contribution in [3.63, 3.8) is 0 Å². The second-order valence-corrected chi connectivity index (χ2v) is 1.67. The number of halogens is 1. The van der Waals surface area contributed by atoms with Gasteiger partial charge in [-0.3, -0.25) is 0 Å². The van der Waals surface area contributed by atoms with Gasteiger partial charge in [-0.2, -0.15) is 5.10 Å². The van der Waals surface area contributed by atoms with Gasteiger partial charge in [-0.15, -0.1) is 17.5 Å². The van der Waals surface area contributed by atoms with Crippen LogP contribution in [-0.4, -0.2) is 20.2 Å². The van der Waals surface area contributed by atoms with Crippen molar-refractivity contribution in [2.45, 2.75) is 0 Å². The van der Waals surface area contributed by atoms with Crippen molar-refractivity contribution in [1.29, 1.82) is 0 Å².